The molecular formula is C38H36F2N8O7S2. The molecular weight excluding hydrogens is 783 g/mol. The number of nitrogens with two attached hydrogens (primary N) is 2. The number of nitrogens with zero attached hydrogens (tertiary/aromatic N) is 4. The Morgan fingerprint density at radius 3 is 1.70 bits per heavy atom. The number of hydrogen-bond acceptors (Lipinski definition) is 10. The minimum atomic E-state index is -4.14. The molecule has 0 radical (unpaired) electrons. The Kier molecular flexibility index (Phi) is 11.7. The molecule has 4 aromatic carbocycles. The summed E-state index contributed by atoms with van der Waals surface area (Å²) in [4.78, 5) is 24.1. The lowest BCUT2D eigenvalue weighted by molar-refractivity contribution is -0.116. The summed E-state index contributed by atoms with van der Waals surface area (Å²) in [6.07, 6.45) is 3.22. The Balaban J connectivity index is 0.000000193. The van der Waals surface area contributed by atoms with E-state index in [1.807, 2.05) is 0 Å². The molecule has 19 heteroatoms. The van der Waals surface area contributed by atoms with E-state index in [-0.39, 0.29) is 62.5 Å². The molecule has 0 atom stereocenters. The van der Waals surface area contributed by atoms with Crippen LogP contribution in [0, 0.1) is 18.6 Å². The van der Waals surface area contributed by atoms with Crippen molar-refractivity contribution >= 4 is 43.2 Å². The van der Waals surface area contributed by atoms with Crippen LogP contribution in [-0.4, -0.2) is 48.6 Å². The van der Waals surface area contributed by atoms with E-state index in [0.29, 0.717) is 22.7 Å². The van der Waals surface area contributed by atoms with E-state index in [9.17, 15) is 35.2 Å². The predicted molar refractivity (Wildman–Crippen MR) is 205 cm³/mol. The van der Waals surface area contributed by atoms with Crippen molar-refractivity contribution < 1.29 is 39.6 Å². The van der Waals surface area contributed by atoms with Crippen molar-refractivity contribution in [2.75, 3.05) is 10.6 Å². The van der Waals surface area contributed by atoms with Crippen molar-refractivity contribution in [2.45, 2.75) is 48.3 Å². The molecule has 2 amide bonds. The minimum Gasteiger partial charge on any atom is -0.420 e. The molecule has 6 aromatic rings. The molecule has 7 rings (SSSR count). The normalized spacial score (nSPS) is 12.7. The number of amides is 2. The maximum atomic E-state index is 13.7. The molecule has 6 N–H and O–H groups in total. The second kappa shape index (κ2) is 16.5. The van der Waals surface area contributed by atoms with Crippen LogP contribution in [0.3, 0.4) is 0 Å². The van der Waals surface area contributed by atoms with Gasteiger partial charge in [0.2, 0.25) is 43.6 Å². The number of aryl methyl sites for hydroxylation is 2. The summed E-state index contributed by atoms with van der Waals surface area (Å²) >= 11 is 0. The number of carbonyl (C=O) groups excluding carboxylic acids is 2. The molecule has 0 spiro atoms. The van der Waals surface area contributed by atoms with Crippen LogP contribution in [0.4, 0.5) is 20.2 Å². The van der Waals surface area contributed by atoms with Crippen molar-refractivity contribution in [2.24, 2.45) is 17.3 Å². The standard InChI is InChI=1S/C19H17FN4O4S.C19H19FN4O3S/c20-15-4-2-1-3-12(15)9-17(25)22-13-7-8-14(16(10-13)29(21,26)27)19-24-23-18(28-19)11-5-6-11;1-12-16(11-24(2)23-12)15-8-7-14(10-18(15)28(21,26)27)22-19(25)9-13-5-3-4-6-17(13)20/h1-4,7-8,10-11H,5-6,9H2,(H,22,25)(H2,21,26,27);3-8,10-11H,9H2,1-2H3,(H,22,25)(H2,21,26,27). The maximum Gasteiger partial charge on any atom is 0.249 e. The molecule has 1 saturated carbocycles. The number of nitrogens with one attached hydrogen (secondary N) is 2. The van der Waals surface area contributed by atoms with E-state index in [4.69, 9.17) is 14.7 Å². The van der Waals surface area contributed by atoms with Crippen molar-refractivity contribution in [3.8, 4) is 22.6 Å². The Bertz CT molecular complexity index is 2710. The highest BCUT2D eigenvalue weighted by Crippen LogP contribution is 2.40. The fourth-order valence-electron chi connectivity index (χ4n) is 5.81. The molecule has 296 valence electrons. The summed E-state index contributed by atoms with van der Waals surface area (Å²) in [6.45, 7) is 1.76. The van der Waals surface area contributed by atoms with Gasteiger partial charge < -0.3 is 15.1 Å². The van der Waals surface area contributed by atoms with Gasteiger partial charge in [0.05, 0.1) is 33.9 Å². The summed E-state index contributed by atoms with van der Waals surface area (Å²) in [5, 5.41) is 27.9. The molecule has 2 aromatic heterocycles. The zero-order valence-corrected chi connectivity index (χ0v) is 32.1. The molecule has 1 aliphatic carbocycles. The van der Waals surface area contributed by atoms with Gasteiger partial charge in [-0.05, 0) is 73.4 Å². The first-order valence-corrected chi connectivity index (χ1v) is 20.3. The van der Waals surface area contributed by atoms with Gasteiger partial charge in [-0.2, -0.15) is 5.10 Å². The Hall–Kier alpha value is -6.15. The topological polar surface area (TPSA) is 235 Å². The number of hydrogen-bond donors (Lipinski definition) is 4. The van der Waals surface area contributed by atoms with Gasteiger partial charge >= 0.3 is 0 Å². The highest BCUT2D eigenvalue weighted by atomic mass is 32.2. The smallest absolute Gasteiger partial charge is 0.249 e. The highest BCUT2D eigenvalue weighted by molar-refractivity contribution is 7.89. The summed E-state index contributed by atoms with van der Waals surface area (Å²) in [5.41, 5.74) is 2.72. The van der Waals surface area contributed by atoms with Crippen molar-refractivity contribution in [3.63, 3.8) is 0 Å². The summed E-state index contributed by atoms with van der Waals surface area (Å²) < 4.78 is 82.9. The van der Waals surface area contributed by atoms with E-state index in [0.717, 1.165) is 12.8 Å². The third-order valence-electron chi connectivity index (χ3n) is 8.66. The maximum absolute atomic E-state index is 13.7. The van der Waals surface area contributed by atoms with Gasteiger partial charge in [0.15, 0.2) is 0 Å². The summed E-state index contributed by atoms with van der Waals surface area (Å²) in [5.74, 6) is -1.24. The zero-order chi connectivity index (χ0) is 41.1. The first-order valence-electron chi connectivity index (χ1n) is 17.2. The second-order valence-electron chi connectivity index (χ2n) is 13.2. The minimum absolute atomic E-state index is 0.0418. The number of sulfonamides is 2. The van der Waals surface area contributed by atoms with Gasteiger partial charge in [0.1, 0.15) is 11.6 Å². The van der Waals surface area contributed by atoms with Gasteiger partial charge in [-0.1, -0.05) is 42.5 Å². The molecule has 2 heterocycles. The van der Waals surface area contributed by atoms with Gasteiger partial charge in [-0.25, -0.2) is 35.9 Å². The molecule has 0 aliphatic heterocycles. The molecule has 15 nitrogen and oxygen atoms in total. The van der Waals surface area contributed by atoms with Gasteiger partial charge in [-0.3, -0.25) is 14.3 Å². The highest BCUT2D eigenvalue weighted by Gasteiger charge is 2.30. The van der Waals surface area contributed by atoms with Crippen LogP contribution >= 0.6 is 0 Å². The average Bonchev–Trinajstić information content (AvgIpc) is 3.77. The number of carbonyl (C=O) groups is 2. The molecule has 57 heavy (non-hydrogen) atoms. The van der Waals surface area contributed by atoms with E-state index < -0.39 is 43.5 Å². The third kappa shape index (κ3) is 10.2. The van der Waals surface area contributed by atoms with E-state index in [1.54, 1.807) is 49.1 Å². The SMILES string of the molecule is Cc1nn(C)cc1-c1ccc(NC(=O)Cc2ccccc2F)cc1S(N)(=O)=O.NS(=O)(=O)c1cc(NC(=O)Cc2ccccc2F)ccc1-c1nnc(C2CC2)o1. The van der Waals surface area contributed by atoms with Crippen LogP contribution in [0.2, 0.25) is 0 Å². The molecule has 1 fully saturated rings. The lowest BCUT2D eigenvalue weighted by Gasteiger charge is -2.11. The van der Waals surface area contributed by atoms with E-state index >= 15 is 0 Å². The van der Waals surface area contributed by atoms with Gasteiger partial charge in [0, 0.05) is 41.7 Å². The summed E-state index contributed by atoms with van der Waals surface area (Å²) in [6, 6.07) is 20.4. The zero-order valence-electron chi connectivity index (χ0n) is 30.4. The number of anilines is 2. The fraction of sp³-hybridized carbons (Fsp3) is 0.184. The van der Waals surface area contributed by atoms with Crippen LogP contribution < -0.4 is 20.9 Å². The molecule has 1 aliphatic rings. The summed E-state index contributed by atoms with van der Waals surface area (Å²) in [7, 11) is -6.47. The number of aromatic nitrogens is 4. The molecule has 0 unspecified atom stereocenters. The monoisotopic (exact) mass is 818 g/mol. The van der Waals surface area contributed by atoms with Crippen molar-refractivity contribution in [1.29, 1.82) is 0 Å². The van der Waals surface area contributed by atoms with Crippen molar-refractivity contribution in [1.82, 2.24) is 20.0 Å². The largest absolute Gasteiger partial charge is 0.420 e. The van der Waals surface area contributed by atoms with Crippen LogP contribution in [0.1, 0.15) is 41.5 Å². The van der Waals surface area contributed by atoms with Gasteiger partial charge in [-0.15, -0.1) is 10.2 Å². The predicted octanol–water partition coefficient (Wildman–Crippen LogP) is 4.94. The third-order valence-corrected chi connectivity index (χ3v) is 10.6. The Morgan fingerprint density at radius 1 is 0.754 bits per heavy atom. The first kappa shape index (κ1) is 40.5. The lowest BCUT2D eigenvalue weighted by Crippen LogP contribution is -2.17. The lowest BCUT2D eigenvalue weighted by atomic mass is 10.1. The second-order valence-corrected chi connectivity index (χ2v) is 16.2. The Morgan fingerprint density at radius 2 is 1.25 bits per heavy atom. The molecule has 0 bridgehead atoms. The van der Waals surface area contributed by atoms with Crippen LogP contribution in [-0.2, 0) is 49.5 Å². The average molecular weight is 819 g/mol. The molecule has 0 saturated heterocycles. The van der Waals surface area contributed by atoms with Crippen LogP contribution in [0.25, 0.3) is 22.6 Å². The fourth-order valence-corrected chi connectivity index (χ4v) is 7.34. The number of halogens is 2. The van der Waals surface area contributed by atoms with E-state index in [2.05, 4.69) is 25.9 Å². The Labute approximate surface area is 326 Å². The van der Waals surface area contributed by atoms with Crippen molar-refractivity contribution in [3.05, 3.63) is 125 Å². The van der Waals surface area contributed by atoms with Crippen LogP contribution in [0.5, 0.6) is 0 Å². The first-order chi connectivity index (χ1) is 27.0. The van der Waals surface area contributed by atoms with Gasteiger partial charge in [0.25, 0.3) is 0 Å². The number of rotatable bonds is 11. The van der Waals surface area contributed by atoms with E-state index in [1.165, 1.54) is 60.7 Å². The number of benzene rings is 4. The quantitative estimate of drug-likeness (QED) is 0.137. The number of primary sulfonamides is 2. The van der Waals surface area contributed by atoms with Crippen LogP contribution in [0.15, 0.2) is 105 Å².